The van der Waals surface area contributed by atoms with Crippen molar-refractivity contribution in [1.29, 1.82) is 0 Å². The van der Waals surface area contributed by atoms with Crippen LogP contribution in [0.5, 0.6) is 0 Å². The van der Waals surface area contributed by atoms with Gasteiger partial charge in [-0.1, -0.05) is 0 Å². The second-order valence-corrected chi connectivity index (χ2v) is 2.29. The fraction of sp³-hybridized carbons (Fsp3) is 0.444. The summed E-state index contributed by atoms with van der Waals surface area (Å²) in [4.78, 5) is 0. The summed E-state index contributed by atoms with van der Waals surface area (Å²) in [5, 5.41) is 0. The second kappa shape index (κ2) is 2.96. The molecular formula is C9H8O2. The highest BCUT2D eigenvalue weighted by molar-refractivity contribution is 5.20. The Kier molecular flexibility index (Phi) is 2.19. The average Bonchev–Trinajstić information content (AvgIpc) is 2.07. The van der Waals surface area contributed by atoms with Crippen molar-refractivity contribution in [1.82, 2.24) is 0 Å². The van der Waals surface area contributed by atoms with Gasteiger partial charge in [0.15, 0.2) is 0 Å². The van der Waals surface area contributed by atoms with Gasteiger partial charge in [0, 0.05) is 5.92 Å². The molecule has 0 atom stereocenters. The molecule has 0 bridgehead atoms. The maximum atomic E-state index is 5.48. The molecule has 0 unspecified atom stereocenters. The molecular weight excluding hydrogens is 140 g/mol. The Morgan fingerprint density at radius 3 is 2.00 bits per heavy atom. The smallest absolute Gasteiger partial charge is 0.300 e. The van der Waals surface area contributed by atoms with Crippen LogP contribution in [0.4, 0.5) is 0 Å². The van der Waals surface area contributed by atoms with Crippen LogP contribution >= 0.6 is 0 Å². The molecule has 2 heteroatoms. The van der Waals surface area contributed by atoms with Crippen LogP contribution in [0.2, 0.25) is 0 Å². The van der Waals surface area contributed by atoms with Crippen molar-refractivity contribution in [2.75, 3.05) is 13.2 Å². The topological polar surface area (TPSA) is 18.5 Å². The molecule has 0 saturated carbocycles. The lowest BCUT2D eigenvalue weighted by molar-refractivity contribution is -0.207. The van der Waals surface area contributed by atoms with Crippen molar-refractivity contribution in [3.63, 3.8) is 0 Å². The van der Waals surface area contributed by atoms with E-state index in [9.17, 15) is 0 Å². The van der Waals surface area contributed by atoms with Crippen molar-refractivity contribution < 1.29 is 9.47 Å². The van der Waals surface area contributed by atoms with E-state index in [1.54, 1.807) is 0 Å². The van der Waals surface area contributed by atoms with Gasteiger partial charge in [0.25, 0.3) is 5.79 Å². The lowest BCUT2D eigenvalue weighted by Gasteiger charge is -2.30. The molecule has 1 fully saturated rings. The van der Waals surface area contributed by atoms with E-state index in [1.807, 2.05) is 0 Å². The minimum atomic E-state index is -1.28. The zero-order valence-corrected chi connectivity index (χ0v) is 6.04. The van der Waals surface area contributed by atoms with Crippen LogP contribution < -0.4 is 0 Å². The predicted octanol–water partition coefficient (Wildman–Crippen LogP) is 0.323. The first kappa shape index (κ1) is 8.14. The lowest BCUT2D eigenvalue weighted by Crippen LogP contribution is -2.41. The van der Waals surface area contributed by atoms with E-state index >= 15 is 0 Å². The third-order valence-corrected chi connectivity index (χ3v) is 1.38. The van der Waals surface area contributed by atoms with Crippen LogP contribution in [-0.4, -0.2) is 19.0 Å². The quantitative estimate of drug-likeness (QED) is 0.461. The molecule has 1 aliphatic rings. The minimum absolute atomic E-state index is 0.134. The molecule has 0 N–H and O–H groups in total. The van der Waals surface area contributed by atoms with Crippen LogP contribution in [0.3, 0.4) is 0 Å². The molecule has 0 aromatic heterocycles. The number of ether oxygens (including phenoxy) is 2. The monoisotopic (exact) mass is 148 g/mol. The Balaban J connectivity index is 2.64. The number of rotatable bonds is 0. The van der Waals surface area contributed by atoms with Gasteiger partial charge in [0.05, 0.1) is 13.2 Å². The van der Waals surface area contributed by atoms with Gasteiger partial charge in [-0.15, -0.1) is 12.8 Å². The number of hydrogen-bond acceptors (Lipinski definition) is 2. The Hall–Kier alpha value is -0.960. The number of hydrogen-bond donors (Lipinski definition) is 0. The van der Waals surface area contributed by atoms with E-state index < -0.39 is 5.79 Å². The fourth-order valence-corrected chi connectivity index (χ4v) is 0.747. The SMILES string of the molecule is [CH]C1COC(C#C)(C#C)OC1. The van der Waals surface area contributed by atoms with Crippen LogP contribution in [-0.2, 0) is 9.47 Å². The predicted molar refractivity (Wildman–Crippen MR) is 40.1 cm³/mol. The summed E-state index contributed by atoms with van der Waals surface area (Å²) in [6.45, 7) is 6.16. The summed E-state index contributed by atoms with van der Waals surface area (Å²) in [5.41, 5.74) is 0. The molecule has 0 aromatic rings. The first-order valence-electron chi connectivity index (χ1n) is 3.21. The first-order chi connectivity index (χ1) is 5.22. The first-order valence-corrected chi connectivity index (χ1v) is 3.21. The molecule has 0 aromatic carbocycles. The maximum Gasteiger partial charge on any atom is 0.300 e. The van der Waals surface area contributed by atoms with Crippen molar-refractivity contribution >= 4 is 0 Å². The van der Waals surface area contributed by atoms with E-state index in [-0.39, 0.29) is 5.92 Å². The van der Waals surface area contributed by atoms with Crippen LogP contribution in [0.25, 0.3) is 0 Å². The highest BCUT2D eigenvalue weighted by Crippen LogP contribution is 2.19. The summed E-state index contributed by atoms with van der Waals surface area (Å²) in [7, 11) is 0. The minimum Gasteiger partial charge on any atom is -0.329 e. The summed E-state index contributed by atoms with van der Waals surface area (Å²) in [6.07, 6.45) is 10.2. The van der Waals surface area contributed by atoms with Gasteiger partial charge in [-0.05, 0) is 18.8 Å². The standard InChI is InChI=1S/C9H8O2/c1-4-9(5-2)10-6-8(3)7-11-9/h1-3,8H,6-7H2. The third kappa shape index (κ3) is 1.54. The molecule has 1 saturated heterocycles. The van der Waals surface area contributed by atoms with Gasteiger partial charge in [-0.25, -0.2) is 0 Å². The zero-order chi connectivity index (χ0) is 8.32. The van der Waals surface area contributed by atoms with Gasteiger partial charge < -0.3 is 9.47 Å². The highest BCUT2D eigenvalue weighted by Gasteiger charge is 2.32. The molecule has 56 valence electrons. The van der Waals surface area contributed by atoms with Gasteiger partial charge in [0.2, 0.25) is 0 Å². The molecule has 11 heavy (non-hydrogen) atoms. The van der Waals surface area contributed by atoms with Crippen LogP contribution in [0, 0.1) is 37.5 Å². The molecule has 2 radical (unpaired) electrons. The fourth-order valence-electron chi connectivity index (χ4n) is 0.747. The zero-order valence-electron chi connectivity index (χ0n) is 6.04. The van der Waals surface area contributed by atoms with Crippen LogP contribution in [0.1, 0.15) is 0 Å². The Bertz CT molecular complexity index is 195. The maximum absolute atomic E-state index is 5.48. The van der Waals surface area contributed by atoms with E-state index in [0.717, 1.165) is 0 Å². The summed E-state index contributed by atoms with van der Waals surface area (Å²) >= 11 is 0. The third-order valence-electron chi connectivity index (χ3n) is 1.38. The van der Waals surface area contributed by atoms with E-state index in [1.165, 1.54) is 0 Å². The van der Waals surface area contributed by atoms with Gasteiger partial charge in [-0.3, -0.25) is 0 Å². The molecule has 1 rings (SSSR count). The van der Waals surface area contributed by atoms with E-state index in [4.69, 9.17) is 29.2 Å². The highest BCUT2D eigenvalue weighted by atomic mass is 16.7. The van der Waals surface area contributed by atoms with E-state index in [0.29, 0.717) is 13.2 Å². The Morgan fingerprint density at radius 2 is 1.64 bits per heavy atom. The molecule has 0 spiro atoms. The van der Waals surface area contributed by atoms with Gasteiger partial charge in [0.1, 0.15) is 0 Å². The molecule has 2 nitrogen and oxygen atoms in total. The van der Waals surface area contributed by atoms with Crippen LogP contribution in [0.15, 0.2) is 0 Å². The Labute approximate surface area is 66.9 Å². The van der Waals surface area contributed by atoms with Gasteiger partial charge >= 0.3 is 0 Å². The van der Waals surface area contributed by atoms with Crippen molar-refractivity contribution in [2.45, 2.75) is 5.79 Å². The van der Waals surface area contributed by atoms with Crippen molar-refractivity contribution in [3.05, 3.63) is 6.92 Å². The molecule has 0 amide bonds. The normalized spacial score (nSPS) is 23.5. The summed E-state index contributed by atoms with van der Waals surface area (Å²) in [5.74, 6) is 3.09. The van der Waals surface area contributed by atoms with Crippen molar-refractivity contribution in [2.24, 2.45) is 5.92 Å². The molecule has 0 aliphatic carbocycles. The second-order valence-electron chi connectivity index (χ2n) is 2.29. The lowest BCUT2D eigenvalue weighted by atomic mass is 10.2. The van der Waals surface area contributed by atoms with Crippen molar-refractivity contribution in [3.8, 4) is 24.7 Å². The molecule has 1 heterocycles. The summed E-state index contributed by atoms with van der Waals surface area (Å²) in [6, 6.07) is 0. The Morgan fingerprint density at radius 1 is 1.18 bits per heavy atom. The number of terminal acetylenes is 2. The molecule has 1 aliphatic heterocycles. The van der Waals surface area contributed by atoms with Gasteiger partial charge in [-0.2, -0.15) is 0 Å². The average molecular weight is 148 g/mol. The summed E-state index contributed by atoms with van der Waals surface area (Å²) < 4.78 is 10.1. The largest absolute Gasteiger partial charge is 0.329 e. The van der Waals surface area contributed by atoms with E-state index in [2.05, 4.69) is 11.8 Å².